The lowest BCUT2D eigenvalue weighted by Crippen LogP contribution is -2.14. The standard InChI is InChI=1S/C22H21N3O3/c1-27-15-16-28-21-10-6-5-9-20(21)22(26)23-17-11-13-19(14-12-17)25-24-18-7-3-2-4-8-18/h2-14H,15-16H2,1H3,(H,23,26). The number of carbonyl (C=O) groups excluding carboxylic acids is 1. The van der Waals surface area contributed by atoms with Crippen molar-refractivity contribution in [3.8, 4) is 5.75 Å². The average Bonchev–Trinajstić information content (AvgIpc) is 2.74. The Kier molecular flexibility index (Phi) is 6.87. The number of rotatable bonds is 8. The zero-order valence-corrected chi connectivity index (χ0v) is 15.5. The highest BCUT2D eigenvalue weighted by Crippen LogP contribution is 2.22. The van der Waals surface area contributed by atoms with Gasteiger partial charge in [0.15, 0.2) is 0 Å². The monoisotopic (exact) mass is 375 g/mol. The Bertz CT molecular complexity index is 925. The lowest BCUT2D eigenvalue weighted by atomic mass is 10.2. The normalized spacial score (nSPS) is 10.8. The van der Waals surface area contributed by atoms with Gasteiger partial charge in [0.25, 0.3) is 5.91 Å². The van der Waals surface area contributed by atoms with Crippen LogP contribution in [0.1, 0.15) is 10.4 Å². The van der Waals surface area contributed by atoms with Crippen LogP contribution in [0.2, 0.25) is 0 Å². The molecule has 0 spiro atoms. The minimum absolute atomic E-state index is 0.244. The maximum absolute atomic E-state index is 12.6. The molecular formula is C22H21N3O3. The summed E-state index contributed by atoms with van der Waals surface area (Å²) in [6.07, 6.45) is 0. The minimum Gasteiger partial charge on any atom is -0.490 e. The second kappa shape index (κ2) is 9.99. The number of nitrogens with zero attached hydrogens (tertiary/aromatic N) is 2. The fraction of sp³-hybridized carbons (Fsp3) is 0.136. The Morgan fingerprint density at radius 1 is 0.821 bits per heavy atom. The molecule has 0 aromatic heterocycles. The van der Waals surface area contributed by atoms with Gasteiger partial charge in [-0.25, -0.2) is 0 Å². The number of methoxy groups -OCH3 is 1. The quantitative estimate of drug-likeness (QED) is 0.424. The van der Waals surface area contributed by atoms with Gasteiger partial charge in [-0.2, -0.15) is 10.2 Å². The number of para-hydroxylation sites is 1. The molecule has 0 atom stereocenters. The number of anilines is 1. The smallest absolute Gasteiger partial charge is 0.259 e. The summed E-state index contributed by atoms with van der Waals surface area (Å²) in [5.41, 5.74) is 2.61. The van der Waals surface area contributed by atoms with Crippen molar-refractivity contribution in [1.82, 2.24) is 0 Å². The van der Waals surface area contributed by atoms with E-state index in [1.807, 2.05) is 36.4 Å². The molecule has 1 N–H and O–H groups in total. The fourth-order valence-corrected chi connectivity index (χ4v) is 2.44. The summed E-state index contributed by atoms with van der Waals surface area (Å²) in [6.45, 7) is 0.830. The van der Waals surface area contributed by atoms with E-state index in [0.29, 0.717) is 35.9 Å². The summed E-state index contributed by atoms with van der Waals surface area (Å²) < 4.78 is 10.6. The van der Waals surface area contributed by atoms with Gasteiger partial charge in [-0.05, 0) is 48.5 Å². The van der Waals surface area contributed by atoms with Crippen molar-refractivity contribution in [3.05, 3.63) is 84.4 Å². The zero-order chi connectivity index (χ0) is 19.6. The number of ether oxygens (including phenoxy) is 2. The van der Waals surface area contributed by atoms with Gasteiger partial charge in [-0.1, -0.05) is 30.3 Å². The molecule has 0 heterocycles. The summed E-state index contributed by atoms with van der Waals surface area (Å²) in [5.74, 6) is 0.275. The number of hydrogen-bond donors (Lipinski definition) is 1. The highest BCUT2D eigenvalue weighted by Gasteiger charge is 2.12. The Morgan fingerprint density at radius 2 is 1.46 bits per heavy atom. The molecule has 0 aliphatic carbocycles. The first-order chi connectivity index (χ1) is 13.8. The van der Waals surface area contributed by atoms with E-state index in [1.165, 1.54) is 0 Å². The van der Waals surface area contributed by atoms with Crippen molar-refractivity contribution in [2.45, 2.75) is 0 Å². The Hall–Kier alpha value is -3.51. The fourth-order valence-electron chi connectivity index (χ4n) is 2.44. The number of carbonyl (C=O) groups is 1. The van der Waals surface area contributed by atoms with E-state index in [2.05, 4.69) is 15.5 Å². The Balaban J connectivity index is 1.64. The molecule has 0 aliphatic heterocycles. The van der Waals surface area contributed by atoms with Crippen molar-refractivity contribution < 1.29 is 14.3 Å². The summed E-state index contributed by atoms with van der Waals surface area (Å²) in [6, 6.07) is 23.8. The van der Waals surface area contributed by atoms with Crippen molar-refractivity contribution in [3.63, 3.8) is 0 Å². The van der Waals surface area contributed by atoms with Gasteiger partial charge in [0, 0.05) is 12.8 Å². The van der Waals surface area contributed by atoms with Gasteiger partial charge in [0.05, 0.1) is 23.5 Å². The molecule has 28 heavy (non-hydrogen) atoms. The molecule has 6 nitrogen and oxygen atoms in total. The molecule has 0 saturated carbocycles. The van der Waals surface area contributed by atoms with E-state index in [-0.39, 0.29) is 5.91 Å². The maximum atomic E-state index is 12.6. The largest absolute Gasteiger partial charge is 0.490 e. The number of hydrogen-bond acceptors (Lipinski definition) is 5. The first-order valence-electron chi connectivity index (χ1n) is 8.85. The van der Waals surface area contributed by atoms with E-state index in [1.54, 1.807) is 49.6 Å². The van der Waals surface area contributed by atoms with Crippen molar-refractivity contribution >= 4 is 23.0 Å². The predicted octanol–water partition coefficient (Wildman–Crippen LogP) is 5.38. The maximum Gasteiger partial charge on any atom is 0.259 e. The summed E-state index contributed by atoms with van der Waals surface area (Å²) in [4.78, 5) is 12.6. The summed E-state index contributed by atoms with van der Waals surface area (Å²) >= 11 is 0. The number of nitrogens with one attached hydrogen (secondary N) is 1. The SMILES string of the molecule is COCCOc1ccccc1C(=O)Nc1ccc(N=Nc2ccccc2)cc1. The lowest BCUT2D eigenvalue weighted by molar-refractivity contribution is 0.101. The van der Waals surface area contributed by atoms with E-state index in [4.69, 9.17) is 9.47 Å². The first kappa shape index (κ1) is 19.3. The van der Waals surface area contributed by atoms with E-state index in [0.717, 1.165) is 5.69 Å². The zero-order valence-electron chi connectivity index (χ0n) is 15.5. The minimum atomic E-state index is -0.244. The van der Waals surface area contributed by atoms with Gasteiger partial charge in [0.1, 0.15) is 12.4 Å². The lowest BCUT2D eigenvalue weighted by Gasteiger charge is -2.11. The number of azo groups is 1. The third kappa shape index (κ3) is 5.49. The second-order valence-electron chi connectivity index (χ2n) is 5.87. The van der Waals surface area contributed by atoms with Crippen LogP contribution in [0, 0.1) is 0 Å². The van der Waals surface area contributed by atoms with Gasteiger partial charge in [-0.15, -0.1) is 0 Å². The second-order valence-corrected chi connectivity index (χ2v) is 5.87. The van der Waals surface area contributed by atoms with E-state index >= 15 is 0 Å². The molecule has 0 fully saturated rings. The highest BCUT2D eigenvalue weighted by molar-refractivity contribution is 6.06. The molecule has 0 unspecified atom stereocenters. The number of benzene rings is 3. The van der Waals surface area contributed by atoms with Crippen molar-refractivity contribution in [2.75, 3.05) is 25.6 Å². The molecule has 3 aromatic rings. The Morgan fingerprint density at radius 3 is 2.18 bits per heavy atom. The van der Waals surface area contributed by atoms with Crippen LogP contribution >= 0.6 is 0 Å². The molecule has 3 aromatic carbocycles. The van der Waals surface area contributed by atoms with Crippen LogP contribution in [0.15, 0.2) is 89.1 Å². The van der Waals surface area contributed by atoms with Gasteiger partial charge in [0.2, 0.25) is 0 Å². The van der Waals surface area contributed by atoms with Crippen LogP contribution in [0.25, 0.3) is 0 Å². The average molecular weight is 375 g/mol. The third-order valence-electron chi connectivity index (χ3n) is 3.84. The van der Waals surface area contributed by atoms with Crippen LogP contribution in [0.4, 0.5) is 17.1 Å². The third-order valence-corrected chi connectivity index (χ3v) is 3.84. The van der Waals surface area contributed by atoms with Gasteiger partial charge < -0.3 is 14.8 Å². The molecule has 142 valence electrons. The number of amides is 1. The molecule has 6 heteroatoms. The summed E-state index contributed by atoms with van der Waals surface area (Å²) in [7, 11) is 1.60. The topological polar surface area (TPSA) is 72.3 Å². The van der Waals surface area contributed by atoms with Crippen molar-refractivity contribution in [1.29, 1.82) is 0 Å². The molecule has 3 rings (SSSR count). The first-order valence-corrected chi connectivity index (χ1v) is 8.85. The Labute approximate surface area is 163 Å². The van der Waals surface area contributed by atoms with Crippen LogP contribution < -0.4 is 10.1 Å². The molecule has 0 radical (unpaired) electrons. The summed E-state index contributed by atoms with van der Waals surface area (Å²) in [5, 5.41) is 11.2. The predicted molar refractivity (Wildman–Crippen MR) is 109 cm³/mol. The molecule has 0 aliphatic rings. The molecule has 1 amide bonds. The molecule has 0 saturated heterocycles. The highest BCUT2D eigenvalue weighted by atomic mass is 16.5. The van der Waals surface area contributed by atoms with Crippen LogP contribution in [-0.2, 0) is 4.74 Å². The van der Waals surface area contributed by atoms with Gasteiger partial charge in [-0.3, -0.25) is 4.79 Å². The van der Waals surface area contributed by atoms with Crippen LogP contribution in [-0.4, -0.2) is 26.2 Å². The molecule has 0 bridgehead atoms. The van der Waals surface area contributed by atoms with Crippen LogP contribution in [0.5, 0.6) is 5.75 Å². The van der Waals surface area contributed by atoms with Crippen molar-refractivity contribution in [2.24, 2.45) is 10.2 Å². The van der Waals surface area contributed by atoms with E-state index < -0.39 is 0 Å². The molecular weight excluding hydrogens is 354 g/mol. The van der Waals surface area contributed by atoms with Gasteiger partial charge >= 0.3 is 0 Å². The van der Waals surface area contributed by atoms with E-state index in [9.17, 15) is 4.79 Å². The van der Waals surface area contributed by atoms with Crippen LogP contribution in [0.3, 0.4) is 0 Å².